The number of nitrogens with zero attached hydrogens (tertiary/aromatic N) is 5. The third kappa shape index (κ3) is 4.62. The maximum atomic E-state index is 12.5. The number of piperidine rings is 1. The zero-order chi connectivity index (χ0) is 24.5. The number of hydrogen-bond acceptors (Lipinski definition) is 9. The Morgan fingerprint density at radius 2 is 2.03 bits per heavy atom. The van der Waals surface area contributed by atoms with Crippen LogP contribution in [-0.2, 0) is 15.9 Å². The molecule has 184 valence electrons. The van der Waals surface area contributed by atoms with Crippen molar-refractivity contribution in [1.82, 2.24) is 14.9 Å². The second-order valence-corrected chi connectivity index (χ2v) is 10.2. The molecule has 0 saturated carbocycles. The van der Waals surface area contributed by atoms with Crippen molar-refractivity contribution in [2.75, 3.05) is 44.0 Å². The van der Waals surface area contributed by atoms with Crippen LogP contribution in [0.5, 0.6) is 5.88 Å². The van der Waals surface area contributed by atoms with Gasteiger partial charge in [-0.3, -0.25) is 0 Å². The van der Waals surface area contributed by atoms with Gasteiger partial charge in [0.25, 0.3) is 0 Å². The number of rotatable bonds is 5. The fourth-order valence-corrected chi connectivity index (χ4v) is 5.59. The largest absolute Gasteiger partial charge is 0.472 e. The Balaban J connectivity index is 1.38. The summed E-state index contributed by atoms with van der Waals surface area (Å²) in [4.78, 5) is 26.3. The molecule has 0 aliphatic carbocycles. The first-order valence-electron chi connectivity index (χ1n) is 11.9. The van der Waals surface area contributed by atoms with E-state index in [0.717, 1.165) is 18.7 Å². The summed E-state index contributed by atoms with van der Waals surface area (Å²) in [5.74, 6) is 0.772. The van der Waals surface area contributed by atoms with Crippen LogP contribution >= 0.6 is 11.8 Å². The van der Waals surface area contributed by atoms with E-state index in [2.05, 4.69) is 45.4 Å². The van der Waals surface area contributed by atoms with E-state index in [1.165, 1.54) is 16.8 Å². The molecule has 2 bridgehead atoms. The Labute approximate surface area is 209 Å². The lowest BCUT2D eigenvalue weighted by atomic mass is 9.84. The number of carbonyl (C=O) groups is 1. The molecule has 2 atom stereocenters. The predicted molar refractivity (Wildman–Crippen MR) is 131 cm³/mol. The number of hydrogen-bond donors (Lipinski definition) is 0. The predicted octanol–water partition coefficient (Wildman–Crippen LogP) is 3.63. The van der Waals surface area contributed by atoms with Crippen LogP contribution in [0, 0.1) is 23.2 Å². The SMILES string of the molecule is CSc1ccc2c(c1)CCN2c1ncnc(OC2C3COCC2CN(C(=O)OC(C)C)C3)c1C#N. The maximum Gasteiger partial charge on any atom is 0.410 e. The smallest absolute Gasteiger partial charge is 0.410 e. The average Bonchev–Trinajstić information content (AvgIpc) is 3.26. The van der Waals surface area contributed by atoms with Crippen molar-refractivity contribution >= 4 is 29.4 Å². The summed E-state index contributed by atoms with van der Waals surface area (Å²) in [7, 11) is 0. The molecule has 1 amide bonds. The van der Waals surface area contributed by atoms with E-state index in [1.54, 1.807) is 16.7 Å². The van der Waals surface area contributed by atoms with Crippen LogP contribution in [0.3, 0.4) is 0 Å². The van der Waals surface area contributed by atoms with Crippen molar-refractivity contribution in [2.45, 2.75) is 37.4 Å². The van der Waals surface area contributed by atoms with E-state index in [9.17, 15) is 10.1 Å². The highest BCUT2D eigenvalue weighted by atomic mass is 32.2. The monoisotopic (exact) mass is 495 g/mol. The van der Waals surface area contributed by atoms with Gasteiger partial charge in [-0.25, -0.2) is 14.8 Å². The van der Waals surface area contributed by atoms with Crippen LogP contribution in [0.15, 0.2) is 29.4 Å². The van der Waals surface area contributed by atoms with Crippen LogP contribution in [0.25, 0.3) is 0 Å². The highest BCUT2D eigenvalue weighted by Gasteiger charge is 2.44. The van der Waals surface area contributed by atoms with E-state index in [0.29, 0.717) is 37.7 Å². The quantitative estimate of drug-likeness (QED) is 0.576. The number of ether oxygens (including phenoxy) is 3. The van der Waals surface area contributed by atoms with Gasteiger partial charge >= 0.3 is 6.09 Å². The molecule has 0 radical (unpaired) electrons. The molecule has 10 heteroatoms. The molecule has 35 heavy (non-hydrogen) atoms. The molecule has 1 aromatic carbocycles. The van der Waals surface area contributed by atoms with Crippen LogP contribution in [0.2, 0.25) is 0 Å². The summed E-state index contributed by atoms with van der Waals surface area (Å²) in [5, 5.41) is 10.1. The molecule has 4 heterocycles. The maximum absolute atomic E-state index is 12.5. The number of thioether (sulfide) groups is 1. The lowest BCUT2D eigenvalue weighted by Crippen LogP contribution is -2.59. The zero-order valence-corrected chi connectivity index (χ0v) is 21.0. The van der Waals surface area contributed by atoms with Gasteiger partial charge in [-0.05, 0) is 50.3 Å². The average molecular weight is 496 g/mol. The third-order valence-corrected chi connectivity index (χ3v) is 7.41. The second kappa shape index (κ2) is 9.91. The Morgan fingerprint density at radius 1 is 1.26 bits per heavy atom. The van der Waals surface area contributed by atoms with Gasteiger partial charge in [-0.2, -0.15) is 5.26 Å². The number of benzene rings is 1. The van der Waals surface area contributed by atoms with Gasteiger partial charge in [-0.1, -0.05) is 0 Å². The van der Waals surface area contributed by atoms with Gasteiger partial charge in [0.1, 0.15) is 18.5 Å². The molecule has 3 aliphatic heterocycles. The lowest BCUT2D eigenvalue weighted by Gasteiger charge is -2.46. The van der Waals surface area contributed by atoms with Crippen LogP contribution in [-0.4, -0.2) is 72.3 Å². The van der Waals surface area contributed by atoms with Gasteiger partial charge in [-0.15, -0.1) is 11.8 Å². The van der Waals surface area contributed by atoms with E-state index < -0.39 is 0 Å². The summed E-state index contributed by atoms with van der Waals surface area (Å²) in [5.41, 5.74) is 2.63. The summed E-state index contributed by atoms with van der Waals surface area (Å²) in [6.45, 7) is 6.33. The normalized spacial score (nSPS) is 23.1. The minimum Gasteiger partial charge on any atom is -0.472 e. The first-order chi connectivity index (χ1) is 17.0. The second-order valence-electron chi connectivity index (χ2n) is 9.36. The van der Waals surface area contributed by atoms with Crippen molar-refractivity contribution in [3.8, 4) is 11.9 Å². The summed E-state index contributed by atoms with van der Waals surface area (Å²) >= 11 is 1.71. The van der Waals surface area contributed by atoms with Gasteiger partial charge in [0.05, 0.1) is 19.3 Å². The van der Waals surface area contributed by atoms with Crippen molar-refractivity contribution in [3.05, 3.63) is 35.7 Å². The number of likely N-dealkylation sites (tertiary alicyclic amines) is 1. The fraction of sp³-hybridized carbons (Fsp3) is 0.520. The Morgan fingerprint density at radius 3 is 2.71 bits per heavy atom. The fourth-order valence-electron chi connectivity index (χ4n) is 5.12. The summed E-state index contributed by atoms with van der Waals surface area (Å²) < 4.78 is 17.6. The molecule has 3 aliphatic rings. The highest BCUT2D eigenvalue weighted by molar-refractivity contribution is 7.98. The summed E-state index contributed by atoms with van der Waals surface area (Å²) in [6.07, 6.45) is 3.72. The van der Waals surface area contributed by atoms with Gasteiger partial charge < -0.3 is 24.0 Å². The standard InChI is InChI=1S/C25H29N5O4S/c1-15(2)33-25(31)29-10-17-12-32-13-18(11-29)22(17)34-24-20(9-26)23(27-14-28-24)30-7-6-16-8-19(35-3)4-5-21(16)30/h4-5,8,14-15,17-18,22H,6-7,10-13H2,1-3H3. The van der Waals surface area contributed by atoms with E-state index in [-0.39, 0.29) is 36.0 Å². The van der Waals surface area contributed by atoms with Crippen molar-refractivity contribution < 1.29 is 19.0 Å². The molecule has 9 nitrogen and oxygen atoms in total. The molecule has 1 aromatic heterocycles. The molecule has 2 unspecified atom stereocenters. The van der Waals surface area contributed by atoms with Gasteiger partial charge in [0.2, 0.25) is 5.88 Å². The molecule has 2 aromatic rings. The topological polar surface area (TPSA) is 101 Å². The molecule has 0 spiro atoms. The van der Waals surface area contributed by atoms with Crippen LogP contribution in [0.1, 0.15) is 25.0 Å². The molecule has 5 rings (SSSR count). The van der Waals surface area contributed by atoms with E-state index in [1.807, 2.05) is 13.8 Å². The third-order valence-electron chi connectivity index (χ3n) is 6.69. The zero-order valence-electron chi connectivity index (χ0n) is 20.1. The number of amides is 1. The number of anilines is 2. The number of fused-ring (bicyclic) bond motifs is 3. The Hall–Kier alpha value is -3.03. The van der Waals surface area contributed by atoms with Crippen molar-refractivity contribution in [3.63, 3.8) is 0 Å². The van der Waals surface area contributed by atoms with Gasteiger partial charge in [0, 0.05) is 42.1 Å². The minimum absolute atomic E-state index is 0.0374. The number of aromatic nitrogens is 2. The lowest BCUT2D eigenvalue weighted by molar-refractivity contribution is -0.111. The highest BCUT2D eigenvalue weighted by Crippen LogP contribution is 2.39. The summed E-state index contributed by atoms with van der Waals surface area (Å²) in [6, 6.07) is 8.66. The molecular weight excluding hydrogens is 466 g/mol. The molecular formula is C25H29N5O4S. The molecule has 2 saturated heterocycles. The van der Waals surface area contributed by atoms with Crippen molar-refractivity contribution in [2.24, 2.45) is 11.8 Å². The number of nitriles is 1. The van der Waals surface area contributed by atoms with E-state index in [4.69, 9.17) is 14.2 Å². The van der Waals surface area contributed by atoms with Crippen molar-refractivity contribution in [1.29, 1.82) is 5.26 Å². The Kier molecular flexibility index (Phi) is 6.71. The van der Waals surface area contributed by atoms with Crippen LogP contribution in [0.4, 0.5) is 16.3 Å². The molecule has 0 N–H and O–H groups in total. The number of carbonyl (C=O) groups excluding carboxylic acids is 1. The first-order valence-corrected chi connectivity index (χ1v) is 13.1. The Bertz CT molecular complexity index is 1140. The minimum atomic E-state index is -0.310. The first kappa shape index (κ1) is 23.7. The molecule has 2 fully saturated rings. The van der Waals surface area contributed by atoms with Gasteiger partial charge in [0.15, 0.2) is 11.4 Å². The van der Waals surface area contributed by atoms with E-state index >= 15 is 0 Å². The van der Waals surface area contributed by atoms with Crippen LogP contribution < -0.4 is 9.64 Å².